The molecule has 2 N–H and O–H groups in total. The van der Waals surface area contributed by atoms with Gasteiger partial charge in [-0.3, -0.25) is 4.98 Å². The number of hydrogen-bond acceptors (Lipinski definition) is 4. The van der Waals surface area contributed by atoms with Crippen LogP contribution >= 0.6 is 11.6 Å². The highest BCUT2D eigenvalue weighted by Gasteiger charge is 2.41. The molecule has 2 heterocycles. The Balaban J connectivity index is 1.96. The molecule has 0 spiro atoms. The molecule has 1 atom stereocenters. The molecule has 32 heavy (non-hydrogen) atoms. The van der Waals surface area contributed by atoms with E-state index in [-0.39, 0.29) is 0 Å². The molecule has 166 valence electrons. The number of nitrogens with zero attached hydrogens (tertiary/aromatic N) is 2. The molecule has 1 saturated heterocycles. The van der Waals surface area contributed by atoms with Crippen LogP contribution in [0.3, 0.4) is 0 Å². The topological polar surface area (TPSA) is 57.5 Å². The molecule has 5 heteroatoms. The van der Waals surface area contributed by atoms with E-state index in [1.807, 2.05) is 44.3 Å². The summed E-state index contributed by atoms with van der Waals surface area (Å²) in [6.07, 6.45) is 4.13. The minimum absolute atomic E-state index is 0.577. The van der Waals surface area contributed by atoms with Gasteiger partial charge in [0.05, 0.1) is 11.1 Å². The standard InChI is InChI=1S/C27H30ClN3O/c1-18-16-25(28)8-9-26(18)27(20(3)31-32,24-12-15-30-19(2)17-24)23-6-4-21(5-7-23)22-10-13-29-14-11-22/h4-9,12,15-17,22,29,32H,10-11,13-14H2,1-3H3/b31-20-/t27-/m0/s1. The summed E-state index contributed by atoms with van der Waals surface area (Å²) in [5, 5.41) is 17.9. The van der Waals surface area contributed by atoms with E-state index >= 15 is 0 Å². The summed E-state index contributed by atoms with van der Waals surface area (Å²) in [5.41, 5.74) is 6.26. The molecular formula is C27H30ClN3O. The molecule has 0 bridgehead atoms. The monoisotopic (exact) mass is 447 g/mol. The van der Waals surface area contributed by atoms with E-state index in [2.05, 4.69) is 52.7 Å². The second kappa shape index (κ2) is 9.43. The molecule has 4 nitrogen and oxygen atoms in total. The van der Waals surface area contributed by atoms with Crippen LogP contribution in [-0.4, -0.2) is 29.0 Å². The maximum Gasteiger partial charge on any atom is 0.0868 e. The fourth-order valence-corrected chi connectivity index (χ4v) is 5.38. The van der Waals surface area contributed by atoms with E-state index in [0.29, 0.717) is 16.7 Å². The van der Waals surface area contributed by atoms with Crippen molar-refractivity contribution in [2.24, 2.45) is 5.16 Å². The van der Waals surface area contributed by atoms with Crippen LogP contribution in [0.1, 0.15) is 59.2 Å². The second-order valence-corrected chi connectivity index (χ2v) is 9.16. The van der Waals surface area contributed by atoms with Gasteiger partial charge in [-0.25, -0.2) is 0 Å². The predicted molar refractivity (Wildman–Crippen MR) is 131 cm³/mol. The maximum atomic E-state index is 10.1. The van der Waals surface area contributed by atoms with Gasteiger partial charge in [0.25, 0.3) is 0 Å². The van der Waals surface area contributed by atoms with Crippen molar-refractivity contribution in [1.29, 1.82) is 0 Å². The summed E-state index contributed by atoms with van der Waals surface area (Å²) >= 11 is 6.31. The summed E-state index contributed by atoms with van der Waals surface area (Å²) < 4.78 is 0. The lowest BCUT2D eigenvalue weighted by atomic mass is 9.65. The molecule has 1 aliphatic rings. The third-order valence-electron chi connectivity index (χ3n) is 6.77. The van der Waals surface area contributed by atoms with E-state index in [0.717, 1.165) is 53.9 Å². The fourth-order valence-electron chi connectivity index (χ4n) is 5.15. The fraction of sp³-hybridized carbons (Fsp3) is 0.333. The molecule has 4 rings (SSSR count). The number of aryl methyl sites for hydroxylation is 2. The van der Waals surface area contributed by atoms with E-state index in [1.54, 1.807) is 0 Å². The first kappa shape index (κ1) is 22.5. The molecule has 0 saturated carbocycles. The van der Waals surface area contributed by atoms with Gasteiger partial charge in [-0.1, -0.05) is 47.1 Å². The molecule has 0 amide bonds. The van der Waals surface area contributed by atoms with E-state index < -0.39 is 5.41 Å². The van der Waals surface area contributed by atoms with Crippen LogP contribution in [-0.2, 0) is 5.41 Å². The molecule has 1 aromatic heterocycles. The highest BCUT2D eigenvalue weighted by Crippen LogP contribution is 2.43. The van der Waals surface area contributed by atoms with Gasteiger partial charge in [0.1, 0.15) is 0 Å². The first-order chi connectivity index (χ1) is 15.5. The number of halogens is 1. The zero-order chi connectivity index (χ0) is 22.7. The molecule has 1 aliphatic heterocycles. The molecular weight excluding hydrogens is 418 g/mol. The van der Waals surface area contributed by atoms with E-state index in [9.17, 15) is 5.21 Å². The number of benzene rings is 2. The van der Waals surface area contributed by atoms with Crippen LogP contribution in [0.25, 0.3) is 0 Å². The van der Waals surface area contributed by atoms with Gasteiger partial charge in [-0.05, 0) is 105 Å². The lowest BCUT2D eigenvalue weighted by Gasteiger charge is -2.37. The van der Waals surface area contributed by atoms with Crippen molar-refractivity contribution >= 4 is 17.3 Å². The molecule has 3 aromatic rings. The van der Waals surface area contributed by atoms with Crippen LogP contribution in [0.5, 0.6) is 0 Å². The quantitative estimate of drug-likeness (QED) is 0.286. The number of hydrogen-bond donors (Lipinski definition) is 2. The third-order valence-corrected chi connectivity index (χ3v) is 7.00. The van der Waals surface area contributed by atoms with Crippen molar-refractivity contribution in [1.82, 2.24) is 10.3 Å². The number of piperidine rings is 1. The van der Waals surface area contributed by atoms with Gasteiger partial charge in [0.2, 0.25) is 0 Å². The SMILES string of the molecule is C/C(=N/O)[C@](c1ccc(C2CCNCC2)cc1)(c1ccnc(C)c1)c1ccc(Cl)cc1C. The molecule has 0 radical (unpaired) electrons. The number of oxime groups is 1. The minimum Gasteiger partial charge on any atom is -0.411 e. The highest BCUT2D eigenvalue weighted by atomic mass is 35.5. The lowest BCUT2D eigenvalue weighted by Crippen LogP contribution is -2.38. The summed E-state index contributed by atoms with van der Waals surface area (Å²) in [6, 6.07) is 18.9. The summed E-state index contributed by atoms with van der Waals surface area (Å²) in [6.45, 7) is 8.04. The number of pyridine rings is 1. The summed E-state index contributed by atoms with van der Waals surface area (Å²) in [5.74, 6) is 0.577. The molecule has 2 aromatic carbocycles. The minimum atomic E-state index is -0.760. The van der Waals surface area contributed by atoms with Gasteiger partial charge in [-0.15, -0.1) is 0 Å². The zero-order valence-corrected chi connectivity index (χ0v) is 19.7. The molecule has 0 aliphatic carbocycles. The first-order valence-corrected chi connectivity index (χ1v) is 11.5. The van der Waals surface area contributed by atoms with Crippen LogP contribution in [0.15, 0.2) is 65.9 Å². The Bertz CT molecular complexity index is 1120. The van der Waals surface area contributed by atoms with Gasteiger partial charge in [0, 0.05) is 16.9 Å². The summed E-state index contributed by atoms with van der Waals surface area (Å²) in [7, 11) is 0. The van der Waals surface area contributed by atoms with Crippen LogP contribution in [0.4, 0.5) is 0 Å². The van der Waals surface area contributed by atoms with Gasteiger partial charge >= 0.3 is 0 Å². The first-order valence-electron chi connectivity index (χ1n) is 11.2. The van der Waals surface area contributed by atoms with Crippen molar-refractivity contribution < 1.29 is 5.21 Å². The number of rotatable bonds is 5. The smallest absolute Gasteiger partial charge is 0.0868 e. The second-order valence-electron chi connectivity index (χ2n) is 8.73. The number of aromatic nitrogens is 1. The predicted octanol–water partition coefficient (Wildman–Crippen LogP) is 6.00. The van der Waals surface area contributed by atoms with Crippen molar-refractivity contribution in [2.45, 2.75) is 44.9 Å². The Hall–Kier alpha value is -2.69. The van der Waals surface area contributed by atoms with Crippen LogP contribution in [0.2, 0.25) is 5.02 Å². The Kier molecular flexibility index (Phi) is 6.63. The highest BCUT2D eigenvalue weighted by molar-refractivity contribution is 6.30. The number of nitrogens with one attached hydrogen (secondary N) is 1. The third kappa shape index (κ3) is 4.05. The largest absolute Gasteiger partial charge is 0.411 e. The van der Waals surface area contributed by atoms with Gasteiger partial charge in [-0.2, -0.15) is 0 Å². The van der Waals surface area contributed by atoms with E-state index in [1.165, 1.54) is 5.56 Å². The van der Waals surface area contributed by atoms with Crippen LogP contribution < -0.4 is 5.32 Å². The average molecular weight is 448 g/mol. The van der Waals surface area contributed by atoms with E-state index in [4.69, 9.17) is 11.6 Å². The zero-order valence-electron chi connectivity index (χ0n) is 18.9. The Morgan fingerprint density at radius 1 is 1.03 bits per heavy atom. The van der Waals surface area contributed by atoms with Crippen molar-refractivity contribution in [3.63, 3.8) is 0 Å². The Labute approximate surface area is 195 Å². The molecule has 0 unspecified atom stereocenters. The van der Waals surface area contributed by atoms with Crippen molar-refractivity contribution in [3.8, 4) is 0 Å². The van der Waals surface area contributed by atoms with Crippen LogP contribution in [0, 0.1) is 13.8 Å². The maximum absolute atomic E-state index is 10.1. The Morgan fingerprint density at radius 2 is 1.75 bits per heavy atom. The van der Waals surface area contributed by atoms with Crippen molar-refractivity contribution in [3.05, 3.63) is 99.3 Å². The Morgan fingerprint density at radius 3 is 2.38 bits per heavy atom. The van der Waals surface area contributed by atoms with Gasteiger partial charge < -0.3 is 10.5 Å². The lowest BCUT2D eigenvalue weighted by molar-refractivity contribution is 0.315. The average Bonchev–Trinajstić information content (AvgIpc) is 2.81. The molecule has 1 fully saturated rings. The summed E-state index contributed by atoms with van der Waals surface area (Å²) in [4.78, 5) is 4.41. The normalized spacial score (nSPS) is 17.2. The van der Waals surface area contributed by atoms with Crippen molar-refractivity contribution in [2.75, 3.05) is 13.1 Å². The van der Waals surface area contributed by atoms with Gasteiger partial charge in [0.15, 0.2) is 0 Å².